The van der Waals surface area contributed by atoms with Gasteiger partial charge >= 0.3 is 0 Å². The number of β-amino-alcohol motifs (C(OH)–C–C–N with tert-alkyl or cyclic N) is 1. The van der Waals surface area contributed by atoms with Crippen LogP contribution in [-0.2, 0) is 10.0 Å². The highest BCUT2D eigenvalue weighted by Crippen LogP contribution is 2.24. The molecule has 2 rings (SSSR count). The summed E-state index contributed by atoms with van der Waals surface area (Å²) in [4.78, 5) is 0.221. The van der Waals surface area contributed by atoms with Gasteiger partial charge in [-0.2, -0.15) is 4.31 Å². The van der Waals surface area contributed by atoms with Crippen molar-refractivity contribution in [1.29, 1.82) is 0 Å². The fraction of sp³-hybridized carbons (Fsp3) is 0.500. The van der Waals surface area contributed by atoms with Gasteiger partial charge < -0.3 is 10.2 Å². The molecule has 18 heavy (non-hydrogen) atoms. The number of hydrogen-bond donors (Lipinski definition) is 2. The monoisotopic (exact) mass is 271 g/mol. The molecule has 2 atom stereocenters. The van der Waals surface area contributed by atoms with Crippen LogP contribution in [0.5, 0.6) is 0 Å². The molecule has 1 heterocycles. The van der Waals surface area contributed by atoms with Crippen LogP contribution in [0.1, 0.15) is 5.56 Å². The van der Waals surface area contributed by atoms with E-state index in [0.717, 1.165) is 5.56 Å². The summed E-state index contributed by atoms with van der Waals surface area (Å²) in [6.45, 7) is 1.88. The summed E-state index contributed by atoms with van der Waals surface area (Å²) in [6.07, 6.45) is -0.796. The molecule has 1 aromatic rings. The summed E-state index contributed by atoms with van der Waals surface area (Å²) in [5.41, 5.74) is 0.989. The zero-order valence-corrected chi connectivity index (χ0v) is 11.0. The summed E-state index contributed by atoms with van der Waals surface area (Å²) < 4.78 is 25.8. The first-order chi connectivity index (χ1) is 8.45. The van der Waals surface area contributed by atoms with Gasteiger partial charge in [-0.3, -0.25) is 0 Å². The third-order valence-corrected chi connectivity index (χ3v) is 5.11. The van der Waals surface area contributed by atoms with Gasteiger partial charge in [-0.05, 0) is 19.1 Å². The molecule has 5 nitrogen and oxygen atoms in total. The lowest BCUT2D eigenvalue weighted by Gasteiger charge is -2.16. The van der Waals surface area contributed by atoms with Crippen molar-refractivity contribution in [1.82, 2.24) is 4.31 Å². The topological polar surface area (TPSA) is 77.8 Å². The summed E-state index contributed by atoms with van der Waals surface area (Å²) >= 11 is 0. The minimum atomic E-state index is -3.57. The minimum absolute atomic E-state index is 0.0431. The van der Waals surface area contributed by atoms with Gasteiger partial charge in [0, 0.05) is 25.6 Å². The van der Waals surface area contributed by atoms with Gasteiger partial charge in [-0.1, -0.05) is 17.7 Å². The maximum Gasteiger partial charge on any atom is 0.243 e. The van der Waals surface area contributed by atoms with Crippen molar-refractivity contribution in [2.45, 2.75) is 17.9 Å². The molecule has 1 aliphatic rings. The second kappa shape index (κ2) is 4.97. The summed E-state index contributed by atoms with van der Waals surface area (Å²) in [5.74, 6) is -0.398. The average molecular weight is 271 g/mol. The number of hydrogen-bond acceptors (Lipinski definition) is 4. The Hall–Kier alpha value is -0.950. The van der Waals surface area contributed by atoms with Crippen LogP contribution in [0.4, 0.5) is 0 Å². The molecule has 2 N–H and O–H groups in total. The molecule has 0 aromatic heterocycles. The molecule has 0 aliphatic carbocycles. The van der Waals surface area contributed by atoms with Gasteiger partial charge in [0.25, 0.3) is 0 Å². The SMILES string of the molecule is Cc1ccc(S(=O)(=O)N2C[C@@H](CO)[C@H](O)C2)cc1. The molecule has 0 spiro atoms. The highest BCUT2D eigenvalue weighted by molar-refractivity contribution is 7.89. The molecule has 1 fully saturated rings. The average Bonchev–Trinajstić information content (AvgIpc) is 2.72. The zero-order valence-electron chi connectivity index (χ0n) is 10.2. The summed E-state index contributed by atoms with van der Waals surface area (Å²) in [7, 11) is -3.57. The molecule has 0 radical (unpaired) electrons. The first kappa shape index (κ1) is 13.5. The number of nitrogens with zero attached hydrogens (tertiary/aromatic N) is 1. The molecule has 6 heteroatoms. The van der Waals surface area contributed by atoms with Crippen LogP contribution in [0.15, 0.2) is 29.2 Å². The predicted molar refractivity (Wildman–Crippen MR) is 66.5 cm³/mol. The smallest absolute Gasteiger partial charge is 0.243 e. The van der Waals surface area contributed by atoms with Crippen molar-refractivity contribution in [2.75, 3.05) is 19.7 Å². The van der Waals surface area contributed by atoms with E-state index in [1.807, 2.05) is 6.92 Å². The van der Waals surface area contributed by atoms with Crippen LogP contribution >= 0.6 is 0 Å². The number of benzene rings is 1. The lowest BCUT2D eigenvalue weighted by atomic mass is 10.1. The third kappa shape index (κ3) is 2.42. The Kier molecular flexibility index (Phi) is 3.72. The standard InChI is InChI=1S/C12H17NO4S/c1-9-2-4-11(5-3-9)18(16,17)13-6-10(8-14)12(15)7-13/h2-5,10,12,14-15H,6-8H2,1H3/t10-,12+/m0/s1. The molecule has 0 bridgehead atoms. The van der Waals surface area contributed by atoms with E-state index < -0.39 is 22.0 Å². The van der Waals surface area contributed by atoms with Crippen molar-refractivity contribution in [3.63, 3.8) is 0 Å². The molecule has 0 unspecified atom stereocenters. The molecule has 1 aromatic carbocycles. The Balaban J connectivity index is 2.25. The normalized spacial score (nSPS) is 25.5. The van der Waals surface area contributed by atoms with Crippen molar-refractivity contribution >= 4 is 10.0 Å². The molecular weight excluding hydrogens is 254 g/mol. The fourth-order valence-electron chi connectivity index (χ4n) is 2.05. The Morgan fingerprint density at radius 2 is 1.89 bits per heavy atom. The van der Waals surface area contributed by atoms with Crippen molar-refractivity contribution in [2.24, 2.45) is 5.92 Å². The Morgan fingerprint density at radius 3 is 2.39 bits per heavy atom. The Bertz CT molecular complexity index is 511. The maximum absolute atomic E-state index is 12.3. The van der Waals surface area contributed by atoms with Gasteiger partial charge in [0.1, 0.15) is 0 Å². The van der Waals surface area contributed by atoms with Gasteiger partial charge in [-0.25, -0.2) is 8.42 Å². The molecule has 1 saturated heterocycles. The third-order valence-electron chi connectivity index (χ3n) is 3.27. The Morgan fingerprint density at radius 1 is 1.28 bits per heavy atom. The number of aliphatic hydroxyl groups is 2. The van der Waals surface area contributed by atoms with Crippen LogP contribution in [0.3, 0.4) is 0 Å². The number of sulfonamides is 1. The maximum atomic E-state index is 12.3. The summed E-state index contributed by atoms with van der Waals surface area (Å²) in [5, 5.41) is 18.7. The lowest BCUT2D eigenvalue weighted by Crippen LogP contribution is -2.29. The quantitative estimate of drug-likeness (QED) is 0.809. The van der Waals surface area contributed by atoms with Gasteiger partial charge in [0.2, 0.25) is 10.0 Å². The van der Waals surface area contributed by atoms with E-state index in [1.165, 1.54) is 4.31 Å². The van der Waals surface area contributed by atoms with Crippen LogP contribution in [0.25, 0.3) is 0 Å². The predicted octanol–water partition coefficient (Wildman–Crippen LogP) is -0.0313. The van der Waals surface area contributed by atoms with Gasteiger partial charge in [0.15, 0.2) is 0 Å². The summed E-state index contributed by atoms with van der Waals surface area (Å²) in [6, 6.07) is 6.60. The van der Waals surface area contributed by atoms with Gasteiger partial charge in [-0.15, -0.1) is 0 Å². The van der Waals surface area contributed by atoms with E-state index >= 15 is 0 Å². The largest absolute Gasteiger partial charge is 0.396 e. The van der Waals surface area contributed by atoms with Crippen molar-refractivity contribution < 1.29 is 18.6 Å². The Labute approximate surface area is 107 Å². The molecule has 0 amide bonds. The second-order valence-corrected chi connectivity index (χ2v) is 6.58. The van der Waals surface area contributed by atoms with Crippen LogP contribution < -0.4 is 0 Å². The molecule has 100 valence electrons. The highest BCUT2D eigenvalue weighted by Gasteiger charge is 2.37. The van der Waals surface area contributed by atoms with Gasteiger partial charge in [0.05, 0.1) is 11.0 Å². The van der Waals surface area contributed by atoms with E-state index in [1.54, 1.807) is 24.3 Å². The van der Waals surface area contributed by atoms with E-state index in [4.69, 9.17) is 5.11 Å². The van der Waals surface area contributed by atoms with E-state index in [2.05, 4.69) is 0 Å². The molecular formula is C12H17NO4S. The molecule has 0 saturated carbocycles. The first-order valence-corrected chi connectivity index (χ1v) is 7.25. The first-order valence-electron chi connectivity index (χ1n) is 5.81. The number of aryl methyl sites for hydroxylation is 1. The van der Waals surface area contributed by atoms with Crippen molar-refractivity contribution in [3.8, 4) is 0 Å². The number of rotatable bonds is 3. The fourth-order valence-corrected chi connectivity index (χ4v) is 3.57. The van der Waals surface area contributed by atoms with Crippen molar-refractivity contribution in [3.05, 3.63) is 29.8 Å². The van der Waals surface area contributed by atoms with E-state index in [0.29, 0.717) is 0 Å². The van der Waals surface area contributed by atoms with Crippen LogP contribution in [0, 0.1) is 12.8 Å². The highest BCUT2D eigenvalue weighted by atomic mass is 32.2. The molecule has 1 aliphatic heterocycles. The van der Waals surface area contributed by atoms with Crippen LogP contribution in [-0.4, -0.2) is 48.7 Å². The number of aliphatic hydroxyl groups excluding tert-OH is 2. The minimum Gasteiger partial charge on any atom is -0.396 e. The van der Waals surface area contributed by atoms with Crippen LogP contribution in [0.2, 0.25) is 0 Å². The zero-order chi connectivity index (χ0) is 13.3. The van der Waals surface area contributed by atoms with E-state index in [9.17, 15) is 13.5 Å². The second-order valence-electron chi connectivity index (χ2n) is 4.65. The van der Waals surface area contributed by atoms with E-state index in [-0.39, 0.29) is 24.6 Å². The lowest BCUT2D eigenvalue weighted by molar-refractivity contribution is 0.104.